The molecule has 9 heteroatoms. The van der Waals surface area contributed by atoms with Crippen LogP contribution in [0.4, 0.5) is 13.2 Å². The van der Waals surface area contributed by atoms with Crippen LogP contribution < -0.4 is 5.11 Å². The number of aromatic nitrogens is 1. The van der Waals surface area contributed by atoms with Crippen molar-refractivity contribution in [1.29, 1.82) is 0 Å². The van der Waals surface area contributed by atoms with Crippen LogP contribution in [0.2, 0.25) is 0 Å². The summed E-state index contributed by atoms with van der Waals surface area (Å²) < 4.78 is 63.8. The molecule has 0 spiro atoms. The molecule has 0 radical (unpaired) electrons. The first kappa shape index (κ1) is 18.8. The first-order valence-electron chi connectivity index (χ1n) is 7.52. The van der Waals surface area contributed by atoms with Crippen LogP contribution in [0, 0.1) is 0 Å². The molecule has 0 aliphatic rings. The lowest BCUT2D eigenvalue weighted by Gasteiger charge is -2.17. The molecule has 3 rings (SSSR count). The Bertz CT molecular complexity index is 1170. The number of sulfone groups is 1. The molecule has 0 aliphatic carbocycles. The minimum Gasteiger partial charge on any atom is -0.545 e. The van der Waals surface area contributed by atoms with Crippen molar-refractivity contribution in [2.45, 2.75) is 11.1 Å². The van der Waals surface area contributed by atoms with Crippen molar-refractivity contribution >= 4 is 26.7 Å². The van der Waals surface area contributed by atoms with Crippen molar-refractivity contribution in [3.05, 3.63) is 59.7 Å². The first-order chi connectivity index (χ1) is 12.5. The maximum absolute atomic E-state index is 13.0. The van der Waals surface area contributed by atoms with Crippen LogP contribution in [0.5, 0.6) is 0 Å². The van der Waals surface area contributed by atoms with E-state index in [0.29, 0.717) is 0 Å². The number of carboxylic acids is 1. The molecule has 0 saturated heterocycles. The number of hydrogen-bond donors (Lipinski definition) is 0. The molecule has 140 valence electrons. The number of para-hydroxylation sites is 1. The molecule has 0 atom stereocenters. The number of hydrogen-bond acceptors (Lipinski definition) is 5. The summed E-state index contributed by atoms with van der Waals surface area (Å²) in [6.07, 6.45) is -3.89. The van der Waals surface area contributed by atoms with Gasteiger partial charge in [-0.05, 0) is 18.2 Å². The van der Waals surface area contributed by atoms with E-state index in [1.165, 1.54) is 24.3 Å². The SMILES string of the molecule is CS(=O)(=O)c1c(-c2cccc(C(F)(F)F)c2)nc2ccccc2c1C(=O)[O-]. The molecule has 0 fully saturated rings. The topological polar surface area (TPSA) is 87.2 Å². The van der Waals surface area contributed by atoms with Gasteiger partial charge in [0.05, 0.1) is 22.7 Å². The number of rotatable bonds is 3. The van der Waals surface area contributed by atoms with E-state index in [1.807, 2.05) is 0 Å². The van der Waals surface area contributed by atoms with Gasteiger partial charge in [0.2, 0.25) is 0 Å². The van der Waals surface area contributed by atoms with Gasteiger partial charge >= 0.3 is 6.18 Å². The first-order valence-corrected chi connectivity index (χ1v) is 9.41. The number of pyridine rings is 1. The molecule has 1 aromatic heterocycles. The third-order valence-corrected chi connectivity index (χ3v) is 5.03. The third kappa shape index (κ3) is 3.50. The molecule has 0 aliphatic heterocycles. The van der Waals surface area contributed by atoms with Gasteiger partial charge in [-0.25, -0.2) is 13.4 Å². The number of aromatic carboxylic acids is 1. The summed E-state index contributed by atoms with van der Waals surface area (Å²) in [5.41, 5.74) is -2.06. The zero-order valence-corrected chi connectivity index (χ0v) is 14.6. The third-order valence-electron chi connectivity index (χ3n) is 3.89. The predicted octanol–water partition coefficient (Wildman–Crippen LogP) is 2.69. The van der Waals surface area contributed by atoms with Gasteiger partial charge in [0.15, 0.2) is 9.84 Å². The summed E-state index contributed by atoms with van der Waals surface area (Å²) in [5.74, 6) is -1.76. The van der Waals surface area contributed by atoms with Gasteiger partial charge < -0.3 is 9.90 Å². The van der Waals surface area contributed by atoms with Gasteiger partial charge in [-0.3, -0.25) is 0 Å². The highest BCUT2D eigenvalue weighted by atomic mass is 32.2. The number of alkyl halides is 3. The van der Waals surface area contributed by atoms with Crippen molar-refractivity contribution in [3.8, 4) is 11.3 Å². The summed E-state index contributed by atoms with van der Waals surface area (Å²) in [4.78, 5) is 15.2. The highest BCUT2D eigenvalue weighted by Crippen LogP contribution is 2.36. The average Bonchev–Trinajstić information content (AvgIpc) is 2.58. The highest BCUT2D eigenvalue weighted by molar-refractivity contribution is 7.91. The molecule has 5 nitrogen and oxygen atoms in total. The van der Waals surface area contributed by atoms with E-state index in [4.69, 9.17) is 0 Å². The van der Waals surface area contributed by atoms with Gasteiger partial charge in [-0.2, -0.15) is 13.2 Å². The molecule has 3 aromatic rings. The number of nitrogens with zero attached hydrogens (tertiary/aromatic N) is 1. The maximum atomic E-state index is 13.0. The Hall–Kier alpha value is -2.94. The highest BCUT2D eigenvalue weighted by Gasteiger charge is 2.31. The second-order valence-corrected chi connectivity index (χ2v) is 7.77. The van der Waals surface area contributed by atoms with Gasteiger partial charge in [0.25, 0.3) is 0 Å². The quantitative estimate of drug-likeness (QED) is 0.682. The van der Waals surface area contributed by atoms with E-state index in [1.54, 1.807) is 6.07 Å². The number of carbonyl (C=O) groups excluding carboxylic acids is 1. The number of halogens is 3. The minimum atomic E-state index is -4.66. The molecule has 27 heavy (non-hydrogen) atoms. The second-order valence-electron chi connectivity index (χ2n) is 5.82. The maximum Gasteiger partial charge on any atom is 0.416 e. The predicted molar refractivity (Wildman–Crippen MR) is 89.6 cm³/mol. The fourth-order valence-electron chi connectivity index (χ4n) is 2.80. The molecule has 2 aromatic carbocycles. The summed E-state index contributed by atoms with van der Waals surface area (Å²) >= 11 is 0. The van der Waals surface area contributed by atoms with Gasteiger partial charge in [-0.1, -0.05) is 30.3 Å². The molecule has 0 unspecified atom stereocenters. The Morgan fingerprint density at radius 2 is 1.74 bits per heavy atom. The lowest BCUT2D eigenvalue weighted by atomic mass is 10.0. The molecule has 0 bridgehead atoms. The number of fused-ring (bicyclic) bond motifs is 1. The summed E-state index contributed by atoms with van der Waals surface area (Å²) in [6.45, 7) is 0. The second kappa shape index (κ2) is 6.34. The van der Waals surface area contributed by atoms with Gasteiger partial charge in [-0.15, -0.1) is 0 Å². The van der Waals surface area contributed by atoms with Crippen molar-refractivity contribution in [1.82, 2.24) is 4.98 Å². The standard InChI is InChI=1S/C18H12F3NO4S/c1-27(25,26)16-14(17(23)24)12-7-2-3-8-13(12)22-15(16)10-5-4-6-11(9-10)18(19,20)21/h2-9H,1H3,(H,23,24)/p-1. The fraction of sp³-hybridized carbons (Fsp3) is 0.111. The lowest BCUT2D eigenvalue weighted by molar-refractivity contribution is -0.255. The Labute approximate surface area is 152 Å². The molecule has 0 N–H and O–H groups in total. The zero-order valence-electron chi connectivity index (χ0n) is 13.7. The zero-order chi connectivity index (χ0) is 20.0. The van der Waals surface area contributed by atoms with E-state index in [9.17, 15) is 31.5 Å². The van der Waals surface area contributed by atoms with Gasteiger partial charge in [0, 0.05) is 22.8 Å². The normalized spacial score (nSPS) is 12.3. The van der Waals surface area contributed by atoms with Crippen molar-refractivity contribution in [2.75, 3.05) is 6.26 Å². The van der Waals surface area contributed by atoms with Crippen molar-refractivity contribution in [2.24, 2.45) is 0 Å². The lowest BCUT2D eigenvalue weighted by Crippen LogP contribution is -2.26. The summed E-state index contributed by atoms with van der Waals surface area (Å²) in [7, 11) is -4.16. The molecule has 0 saturated carbocycles. The average molecular weight is 394 g/mol. The number of carboxylic acid groups (broad SMARTS) is 1. The summed E-state index contributed by atoms with van der Waals surface area (Å²) in [6, 6.07) is 9.72. The van der Waals surface area contributed by atoms with Gasteiger partial charge in [0.1, 0.15) is 4.90 Å². The molecular weight excluding hydrogens is 383 g/mol. The van der Waals surface area contributed by atoms with E-state index in [0.717, 1.165) is 24.5 Å². The van der Waals surface area contributed by atoms with Crippen LogP contribution in [0.3, 0.4) is 0 Å². The van der Waals surface area contributed by atoms with Crippen molar-refractivity contribution < 1.29 is 31.5 Å². The Morgan fingerprint density at radius 1 is 1.07 bits per heavy atom. The van der Waals surface area contributed by atoms with Crippen molar-refractivity contribution in [3.63, 3.8) is 0 Å². The Kier molecular flexibility index (Phi) is 4.43. The molecular formula is C18H11F3NO4S-. The van der Waals surface area contributed by atoms with E-state index in [2.05, 4.69) is 4.98 Å². The van der Waals surface area contributed by atoms with E-state index in [-0.39, 0.29) is 22.2 Å². The summed E-state index contributed by atoms with van der Waals surface area (Å²) in [5, 5.41) is 11.7. The number of benzene rings is 2. The van der Waals surface area contributed by atoms with Crippen LogP contribution in [-0.4, -0.2) is 25.6 Å². The largest absolute Gasteiger partial charge is 0.545 e. The molecule has 1 heterocycles. The fourth-order valence-corrected chi connectivity index (χ4v) is 3.88. The van der Waals surface area contributed by atoms with E-state index < -0.39 is 38.0 Å². The Morgan fingerprint density at radius 3 is 2.33 bits per heavy atom. The smallest absolute Gasteiger partial charge is 0.416 e. The van der Waals surface area contributed by atoms with E-state index >= 15 is 0 Å². The van der Waals surface area contributed by atoms with Crippen LogP contribution in [-0.2, 0) is 16.0 Å². The van der Waals surface area contributed by atoms with Crippen LogP contribution >= 0.6 is 0 Å². The Balaban J connectivity index is 2.49. The van der Waals surface area contributed by atoms with Crippen LogP contribution in [0.25, 0.3) is 22.2 Å². The number of carbonyl (C=O) groups is 1. The molecule has 0 amide bonds. The van der Waals surface area contributed by atoms with Crippen LogP contribution in [0.1, 0.15) is 15.9 Å². The monoisotopic (exact) mass is 394 g/mol. The minimum absolute atomic E-state index is 0.0219. The van der Waals surface area contributed by atoms with Crippen LogP contribution in [0.15, 0.2) is 53.4 Å².